The van der Waals surface area contributed by atoms with E-state index in [2.05, 4.69) is 20.7 Å². The third-order valence-corrected chi connectivity index (χ3v) is 3.58. The maximum atomic E-state index is 12.9. The van der Waals surface area contributed by atoms with Gasteiger partial charge in [-0.05, 0) is 29.3 Å². The van der Waals surface area contributed by atoms with E-state index in [1.165, 1.54) is 24.3 Å². The highest BCUT2D eigenvalue weighted by Gasteiger charge is 2.34. The van der Waals surface area contributed by atoms with Gasteiger partial charge < -0.3 is 4.74 Å². The van der Waals surface area contributed by atoms with Crippen LogP contribution < -0.4 is 4.74 Å². The summed E-state index contributed by atoms with van der Waals surface area (Å²) >= 11 is 2.96. The van der Waals surface area contributed by atoms with Gasteiger partial charge in [0, 0.05) is 10.9 Å². The van der Waals surface area contributed by atoms with Crippen LogP contribution in [0.15, 0.2) is 42.5 Å². The number of alkyl halides is 7. The van der Waals surface area contributed by atoms with Crippen molar-refractivity contribution in [3.05, 3.63) is 53.6 Å². The molecule has 2 aromatic rings. The number of rotatable bonds is 3. The lowest BCUT2D eigenvalue weighted by molar-refractivity contribution is -0.274. The highest BCUT2D eigenvalue weighted by atomic mass is 79.9. The number of benzene rings is 2. The topological polar surface area (TPSA) is 9.23 Å². The summed E-state index contributed by atoms with van der Waals surface area (Å²) in [5.74, 6) is -0.472. The number of hydrogen-bond donors (Lipinski definition) is 0. The summed E-state index contributed by atoms with van der Waals surface area (Å²) in [5.41, 5.74) is -0.655. The van der Waals surface area contributed by atoms with Crippen LogP contribution in [-0.2, 0) is 11.5 Å². The highest BCUT2D eigenvalue weighted by molar-refractivity contribution is 9.08. The molecule has 8 heteroatoms. The Morgan fingerprint density at radius 2 is 1.57 bits per heavy atom. The summed E-state index contributed by atoms with van der Waals surface area (Å²) in [6.45, 7) is 0. The largest absolute Gasteiger partial charge is 0.573 e. The molecule has 0 radical (unpaired) electrons. The van der Waals surface area contributed by atoms with Crippen LogP contribution in [0.2, 0.25) is 0 Å². The van der Waals surface area contributed by atoms with Crippen molar-refractivity contribution in [1.29, 1.82) is 0 Å². The molecule has 2 aromatic carbocycles. The third kappa shape index (κ3) is 4.40. The predicted octanol–water partition coefficient (Wildman–Crippen LogP) is 6.17. The van der Waals surface area contributed by atoms with Gasteiger partial charge in [-0.15, -0.1) is 13.2 Å². The summed E-state index contributed by atoms with van der Waals surface area (Å²) < 4.78 is 79.8. The van der Waals surface area contributed by atoms with E-state index in [1.807, 2.05) is 0 Å². The first-order valence-corrected chi connectivity index (χ1v) is 7.35. The zero-order chi connectivity index (χ0) is 17.3. The quantitative estimate of drug-likeness (QED) is 0.444. The van der Waals surface area contributed by atoms with Crippen LogP contribution in [0.5, 0.6) is 5.75 Å². The lowest BCUT2D eigenvalue weighted by atomic mass is 9.99. The lowest BCUT2D eigenvalue weighted by Gasteiger charge is -2.16. The molecule has 0 spiro atoms. The van der Waals surface area contributed by atoms with E-state index in [1.54, 1.807) is 0 Å². The first-order chi connectivity index (χ1) is 10.6. The minimum absolute atomic E-state index is 0.0562. The van der Waals surface area contributed by atoms with E-state index in [4.69, 9.17) is 0 Å². The van der Waals surface area contributed by atoms with Crippen LogP contribution >= 0.6 is 15.9 Å². The van der Waals surface area contributed by atoms with E-state index in [-0.39, 0.29) is 22.0 Å². The van der Waals surface area contributed by atoms with Gasteiger partial charge in [0.15, 0.2) is 0 Å². The number of halogens is 7. The third-order valence-electron chi connectivity index (χ3n) is 2.98. The van der Waals surface area contributed by atoms with Gasteiger partial charge in [-0.25, -0.2) is 0 Å². The van der Waals surface area contributed by atoms with Crippen molar-refractivity contribution in [2.75, 3.05) is 0 Å². The van der Waals surface area contributed by atoms with Crippen LogP contribution in [0.25, 0.3) is 11.1 Å². The normalized spacial score (nSPS) is 12.3. The van der Waals surface area contributed by atoms with Crippen molar-refractivity contribution < 1.29 is 31.1 Å². The van der Waals surface area contributed by atoms with Gasteiger partial charge in [-0.2, -0.15) is 13.2 Å². The van der Waals surface area contributed by atoms with E-state index < -0.39 is 23.9 Å². The van der Waals surface area contributed by atoms with Crippen molar-refractivity contribution in [2.24, 2.45) is 0 Å². The molecule has 0 amide bonds. The van der Waals surface area contributed by atoms with Gasteiger partial charge in [0.2, 0.25) is 0 Å². The highest BCUT2D eigenvalue weighted by Crippen LogP contribution is 2.38. The molecule has 124 valence electrons. The second-order valence-corrected chi connectivity index (χ2v) is 5.11. The van der Waals surface area contributed by atoms with E-state index in [0.29, 0.717) is 0 Å². The molecule has 0 aliphatic rings. The molecule has 0 fully saturated rings. The predicted molar refractivity (Wildman–Crippen MR) is 76.2 cm³/mol. The van der Waals surface area contributed by atoms with Crippen molar-refractivity contribution in [3.8, 4) is 16.9 Å². The Morgan fingerprint density at radius 3 is 2.13 bits per heavy atom. The van der Waals surface area contributed by atoms with Crippen molar-refractivity contribution in [2.45, 2.75) is 17.9 Å². The van der Waals surface area contributed by atoms with Crippen LogP contribution in [-0.4, -0.2) is 6.36 Å². The molecule has 0 aliphatic carbocycles. The van der Waals surface area contributed by atoms with Crippen molar-refractivity contribution in [1.82, 2.24) is 0 Å². The van der Waals surface area contributed by atoms with Gasteiger partial charge in [-0.3, -0.25) is 0 Å². The zero-order valence-corrected chi connectivity index (χ0v) is 12.9. The number of hydrogen-bond acceptors (Lipinski definition) is 1. The maximum absolute atomic E-state index is 12.9. The maximum Gasteiger partial charge on any atom is 0.573 e. The van der Waals surface area contributed by atoms with Crippen LogP contribution in [0.4, 0.5) is 26.3 Å². The molecule has 0 saturated heterocycles. The molecular formula is C15H9BrF6O. The lowest BCUT2D eigenvalue weighted by Crippen LogP contribution is -2.17. The molecule has 1 nitrogen and oxygen atoms in total. The average Bonchev–Trinajstić information content (AvgIpc) is 2.44. The number of ether oxygens (including phenoxy) is 1. The second kappa shape index (κ2) is 6.43. The van der Waals surface area contributed by atoms with Gasteiger partial charge in [0.25, 0.3) is 0 Å². The minimum Gasteiger partial charge on any atom is -0.405 e. The Hall–Kier alpha value is -1.70. The van der Waals surface area contributed by atoms with Gasteiger partial charge in [0.05, 0.1) is 5.56 Å². The first-order valence-electron chi connectivity index (χ1n) is 6.23. The van der Waals surface area contributed by atoms with Crippen LogP contribution in [0.1, 0.15) is 11.1 Å². The molecule has 0 aliphatic heterocycles. The molecule has 0 unspecified atom stereocenters. The van der Waals surface area contributed by atoms with E-state index in [0.717, 1.165) is 18.2 Å². The fourth-order valence-corrected chi connectivity index (χ4v) is 2.53. The summed E-state index contributed by atoms with van der Waals surface area (Å²) in [7, 11) is 0. The molecular weight excluding hydrogens is 390 g/mol. The SMILES string of the molecule is FC(F)(F)Oc1ccccc1-c1ccc(C(F)(F)F)c(CBr)c1. The first kappa shape index (κ1) is 17.7. The molecule has 0 heterocycles. The second-order valence-electron chi connectivity index (χ2n) is 4.55. The summed E-state index contributed by atoms with van der Waals surface area (Å²) in [6, 6.07) is 8.43. The minimum atomic E-state index is -4.89. The standard InChI is InChI=1S/C15H9BrF6O/c16-8-10-7-9(5-6-12(10)14(17,18)19)11-3-1-2-4-13(11)23-15(20,21)22/h1-7H,8H2. The number of para-hydroxylation sites is 1. The van der Waals surface area contributed by atoms with Crippen molar-refractivity contribution >= 4 is 15.9 Å². The van der Waals surface area contributed by atoms with E-state index in [9.17, 15) is 26.3 Å². The molecule has 0 atom stereocenters. The van der Waals surface area contributed by atoms with Crippen LogP contribution in [0.3, 0.4) is 0 Å². The Kier molecular flexibility index (Phi) is 4.93. The zero-order valence-electron chi connectivity index (χ0n) is 11.3. The molecule has 2 rings (SSSR count). The average molecular weight is 399 g/mol. The summed E-state index contributed by atoms with van der Waals surface area (Å²) in [5, 5.41) is -0.0853. The van der Waals surface area contributed by atoms with Gasteiger partial charge in [0.1, 0.15) is 5.75 Å². The van der Waals surface area contributed by atoms with Crippen molar-refractivity contribution in [3.63, 3.8) is 0 Å². The van der Waals surface area contributed by atoms with E-state index >= 15 is 0 Å². The fourth-order valence-electron chi connectivity index (χ4n) is 2.07. The molecule has 23 heavy (non-hydrogen) atoms. The van der Waals surface area contributed by atoms with Crippen LogP contribution in [0, 0.1) is 0 Å². The Labute approximate surface area is 136 Å². The Balaban J connectivity index is 2.52. The van der Waals surface area contributed by atoms with Gasteiger partial charge in [-0.1, -0.05) is 40.2 Å². The molecule has 0 N–H and O–H groups in total. The fraction of sp³-hybridized carbons (Fsp3) is 0.200. The summed E-state index contributed by atoms with van der Waals surface area (Å²) in [4.78, 5) is 0. The van der Waals surface area contributed by atoms with Gasteiger partial charge >= 0.3 is 12.5 Å². The smallest absolute Gasteiger partial charge is 0.405 e. The Morgan fingerprint density at radius 1 is 0.913 bits per heavy atom. The molecule has 0 saturated carbocycles. The Bertz CT molecular complexity index is 693. The molecule has 0 bridgehead atoms. The summed E-state index contributed by atoms with van der Waals surface area (Å²) in [6.07, 6.45) is -9.43. The monoisotopic (exact) mass is 398 g/mol. The molecule has 0 aromatic heterocycles.